The molecule has 0 bridgehead atoms. The van der Waals surface area contributed by atoms with Crippen molar-refractivity contribution < 1.29 is 14.3 Å². The van der Waals surface area contributed by atoms with Crippen LogP contribution in [0.5, 0.6) is 5.75 Å². The highest BCUT2D eigenvalue weighted by Gasteiger charge is 2.34. The van der Waals surface area contributed by atoms with E-state index in [9.17, 15) is 4.79 Å². The van der Waals surface area contributed by atoms with E-state index in [2.05, 4.69) is 41.2 Å². The van der Waals surface area contributed by atoms with Gasteiger partial charge >= 0.3 is 6.09 Å². The van der Waals surface area contributed by atoms with Crippen molar-refractivity contribution in [2.45, 2.75) is 58.2 Å². The molecule has 0 fully saturated rings. The molecule has 0 spiro atoms. The highest BCUT2D eigenvalue weighted by molar-refractivity contribution is 9.10. The zero-order chi connectivity index (χ0) is 16.5. The quantitative estimate of drug-likeness (QED) is 0.827. The minimum absolute atomic E-state index is 0.198. The Balaban J connectivity index is 2.10. The number of hydrogen-bond acceptors (Lipinski definition) is 3. The van der Waals surface area contributed by atoms with Crippen LogP contribution in [-0.4, -0.2) is 23.8 Å². The van der Waals surface area contributed by atoms with Gasteiger partial charge in [0.1, 0.15) is 17.0 Å². The normalized spacial score (nSPS) is 19.8. The van der Waals surface area contributed by atoms with Crippen LogP contribution in [0.3, 0.4) is 0 Å². The number of ether oxygens (including phenoxy) is 2. The summed E-state index contributed by atoms with van der Waals surface area (Å²) in [5, 5.41) is 2.88. The average molecular weight is 370 g/mol. The lowest BCUT2D eigenvalue weighted by Crippen LogP contribution is -2.40. The van der Waals surface area contributed by atoms with Crippen LogP contribution in [0.25, 0.3) is 0 Å². The molecule has 1 atom stereocenters. The standard InChI is InChI=1S/C17H24BrNO3/c1-16(2,3)22-15(20)19-10-11-9-17(4,5)21-14-7-6-12(18)8-13(11)14/h6-8,11H,9-10H2,1-5H3,(H,19,20). The summed E-state index contributed by atoms with van der Waals surface area (Å²) < 4.78 is 12.3. The lowest BCUT2D eigenvalue weighted by Gasteiger charge is -2.38. The van der Waals surface area contributed by atoms with Gasteiger partial charge in [0.2, 0.25) is 0 Å². The molecule has 0 saturated heterocycles. The molecule has 0 aliphatic carbocycles. The van der Waals surface area contributed by atoms with Gasteiger partial charge in [-0.05, 0) is 59.2 Å². The average Bonchev–Trinajstić information content (AvgIpc) is 2.34. The molecule has 1 aromatic carbocycles. The highest BCUT2D eigenvalue weighted by atomic mass is 79.9. The molecule has 0 radical (unpaired) electrons. The maximum Gasteiger partial charge on any atom is 0.407 e. The second-order valence-electron chi connectivity index (χ2n) is 7.33. The molecule has 0 saturated carbocycles. The van der Waals surface area contributed by atoms with Crippen LogP contribution in [0, 0.1) is 0 Å². The lowest BCUT2D eigenvalue weighted by atomic mass is 9.84. The predicted molar refractivity (Wildman–Crippen MR) is 90.4 cm³/mol. The summed E-state index contributed by atoms with van der Waals surface area (Å²) >= 11 is 3.50. The molecule has 1 heterocycles. The molecule has 1 N–H and O–H groups in total. The Hall–Kier alpha value is -1.23. The van der Waals surface area contributed by atoms with Gasteiger partial charge in [0.15, 0.2) is 0 Å². The first kappa shape index (κ1) is 17.1. The van der Waals surface area contributed by atoms with Gasteiger partial charge < -0.3 is 14.8 Å². The number of hydrogen-bond donors (Lipinski definition) is 1. The maximum atomic E-state index is 11.9. The molecule has 1 aliphatic heterocycles. The van der Waals surface area contributed by atoms with Gasteiger partial charge in [-0.25, -0.2) is 4.79 Å². The summed E-state index contributed by atoms with van der Waals surface area (Å²) in [6.07, 6.45) is 0.458. The fourth-order valence-corrected chi connectivity index (χ4v) is 3.06. The summed E-state index contributed by atoms with van der Waals surface area (Å²) in [4.78, 5) is 11.9. The highest BCUT2D eigenvalue weighted by Crippen LogP contribution is 2.41. The van der Waals surface area contributed by atoms with Crippen LogP contribution in [-0.2, 0) is 4.74 Å². The first-order valence-electron chi connectivity index (χ1n) is 7.51. The van der Waals surface area contributed by atoms with E-state index in [-0.39, 0.29) is 17.6 Å². The second-order valence-corrected chi connectivity index (χ2v) is 8.24. The summed E-state index contributed by atoms with van der Waals surface area (Å²) in [7, 11) is 0. The molecular weight excluding hydrogens is 346 g/mol. The molecule has 5 heteroatoms. The van der Waals surface area contributed by atoms with E-state index in [0.29, 0.717) is 6.54 Å². The number of carbonyl (C=O) groups excluding carboxylic acids is 1. The van der Waals surface area contributed by atoms with E-state index >= 15 is 0 Å². The molecule has 1 aromatic rings. The van der Waals surface area contributed by atoms with Crippen molar-refractivity contribution in [3.05, 3.63) is 28.2 Å². The summed E-state index contributed by atoms with van der Waals surface area (Å²) in [6.45, 7) is 10.2. The smallest absolute Gasteiger partial charge is 0.407 e. The van der Waals surface area contributed by atoms with Crippen LogP contribution < -0.4 is 10.1 Å². The third-order valence-corrected chi connectivity index (χ3v) is 3.92. The lowest BCUT2D eigenvalue weighted by molar-refractivity contribution is 0.0485. The molecule has 22 heavy (non-hydrogen) atoms. The third kappa shape index (κ3) is 4.63. The van der Waals surface area contributed by atoms with E-state index in [1.165, 1.54) is 0 Å². The minimum Gasteiger partial charge on any atom is -0.488 e. The largest absolute Gasteiger partial charge is 0.488 e. The molecule has 1 unspecified atom stereocenters. The number of fused-ring (bicyclic) bond motifs is 1. The van der Waals surface area contributed by atoms with Gasteiger partial charge in [-0.2, -0.15) is 0 Å². The summed E-state index contributed by atoms with van der Waals surface area (Å²) in [5.41, 5.74) is 0.380. The van der Waals surface area contributed by atoms with Crippen LogP contribution in [0.4, 0.5) is 4.79 Å². The van der Waals surface area contributed by atoms with E-state index in [0.717, 1.165) is 22.2 Å². The Labute approximate surface area is 140 Å². The van der Waals surface area contributed by atoms with Crippen molar-refractivity contribution in [1.82, 2.24) is 5.32 Å². The van der Waals surface area contributed by atoms with Crippen molar-refractivity contribution in [3.8, 4) is 5.75 Å². The Morgan fingerprint density at radius 1 is 1.45 bits per heavy atom. The number of benzene rings is 1. The van der Waals surface area contributed by atoms with Gasteiger partial charge in [0.05, 0.1) is 0 Å². The molecule has 122 valence electrons. The Morgan fingerprint density at radius 2 is 2.14 bits per heavy atom. The van der Waals surface area contributed by atoms with Gasteiger partial charge in [-0.1, -0.05) is 15.9 Å². The number of carbonyl (C=O) groups is 1. The van der Waals surface area contributed by atoms with Crippen LogP contribution in [0.1, 0.15) is 52.5 Å². The fraction of sp³-hybridized carbons (Fsp3) is 0.588. The Bertz CT molecular complexity index is 564. The zero-order valence-corrected chi connectivity index (χ0v) is 15.4. The molecule has 2 rings (SSSR count). The molecular formula is C17H24BrNO3. The van der Waals surface area contributed by atoms with Gasteiger partial charge in [0, 0.05) is 22.5 Å². The van der Waals surface area contributed by atoms with Crippen LogP contribution in [0.15, 0.2) is 22.7 Å². The van der Waals surface area contributed by atoms with Gasteiger partial charge in [-0.3, -0.25) is 0 Å². The number of halogens is 1. The van der Waals surface area contributed by atoms with Gasteiger partial charge in [0.25, 0.3) is 0 Å². The third-order valence-electron chi connectivity index (χ3n) is 3.43. The zero-order valence-electron chi connectivity index (χ0n) is 13.8. The fourth-order valence-electron chi connectivity index (χ4n) is 2.68. The monoisotopic (exact) mass is 369 g/mol. The Kier molecular flexibility index (Phi) is 4.76. The van der Waals surface area contributed by atoms with E-state index in [1.54, 1.807) is 0 Å². The summed E-state index contributed by atoms with van der Waals surface area (Å²) in [6, 6.07) is 6.01. The molecule has 0 aromatic heterocycles. The summed E-state index contributed by atoms with van der Waals surface area (Å²) in [5.74, 6) is 1.08. The van der Waals surface area contributed by atoms with E-state index < -0.39 is 5.60 Å². The van der Waals surface area contributed by atoms with Crippen molar-refractivity contribution in [2.75, 3.05) is 6.54 Å². The molecule has 4 nitrogen and oxygen atoms in total. The Morgan fingerprint density at radius 3 is 2.77 bits per heavy atom. The number of rotatable bonds is 2. The first-order valence-corrected chi connectivity index (χ1v) is 8.30. The van der Waals surface area contributed by atoms with Crippen LogP contribution in [0.2, 0.25) is 0 Å². The van der Waals surface area contributed by atoms with Crippen molar-refractivity contribution in [2.24, 2.45) is 0 Å². The van der Waals surface area contributed by atoms with E-state index in [4.69, 9.17) is 9.47 Å². The van der Waals surface area contributed by atoms with Gasteiger partial charge in [-0.15, -0.1) is 0 Å². The van der Waals surface area contributed by atoms with E-state index in [1.807, 2.05) is 32.9 Å². The van der Waals surface area contributed by atoms with Crippen molar-refractivity contribution in [1.29, 1.82) is 0 Å². The number of nitrogens with one attached hydrogen (secondary N) is 1. The molecule has 1 aliphatic rings. The van der Waals surface area contributed by atoms with Crippen molar-refractivity contribution >= 4 is 22.0 Å². The second kappa shape index (κ2) is 6.11. The SMILES string of the molecule is CC(C)(C)OC(=O)NCC1CC(C)(C)Oc2ccc(Br)cc21. The first-order chi connectivity index (χ1) is 10.1. The number of amides is 1. The van der Waals surface area contributed by atoms with Crippen molar-refractivity contribution in [3.63, 3.8) is 0 Å². The number of alkyl carbamates (subject to hydrolysis) is 1. The topological polar surface area (TPSA) is 47.6 Å². The predicted octanol–water partition coefficient (Wildman–Crippen LogP) is 4.62. The minimum atomic E-state index is -0.486. The maximum absolute atomic E-state index is 11.9. The van der Waals surface area contributed by atoms with Crippen LogP contribution >= 0.6 is 15.9 Å². The molecule has 1 amide bonds.